The van der Waals surface area contributed by atoms with E-state index in [1.165, 1.54) is 6.92 Å². The number of carbonyl (C=O) groups is 2. The minimum Gasteiger partial charge on any atom is -0.481 e. The lowest BCUT2D eigenvalue weighted by Gasteiger charge is -2.27. The molecule has 18 heavy (non-hydrogen) atoms. The zero-order valence-corrected chi connectivity index (χ0v) is 11.5. The van der Waals surface area contributed by atoms with E-state index in [-0.39, 0.29) is 30.3 Å². The minimum absolute atomic E-state index is 0.102. The first-order valence-corrected chi connectivity index (χ1v) is 5.90. The Morgan fingerprint density at radius 1 is 1.28 bits per heavy atom. The lowest BCUT2D eigenvalue weighted by molar-refractivity contribution is -0.142. The highest BCUT2D eigenvalue weighted by Crippen LogP contribution is 2.19. The molecule has 2 atom stereocenters. The Morgan fingerprint density at radius 3 is 2.17 bits per heavy atom. The number of nitrogens with one attached hydrogen (secondary N) is 1. The lowest BCUT2D eigenvalue weighted by Crippen LogP contribution is -2.45. The third-order valence-electron chi connectivity index (χ3n) is 2.72. The van der Waals surface area contributed by atoms with Crippen LogP contribution in [0.5, 0.6) is 0 Å². The van der Waals surface area contributed by atoms with Crippen molar-refractivity contribution < 1.29 is 19.8 Å². The molecule has 0 fully saturated rings. The Kier molecular flexibility index (Phi) is 5.76. The van der Waals surface area contributed by atoms with Gasteiger partial charge in [-0.1, -0.05) is 20.8 Å². The minimum atomic E-state index is -1.45. The molecule has 0 radical (unpaired) electrons. The fourth-order valence-electron chi connectivity index (χ4n) is 1.26. The van der Waals surface area contributed by atoms with Crippen molar-refractivity contribution in [2.24, 2.45) is 11.1 Å². The van der Waals surface area contributed by atoms with Crippen LogP contribution in [0.4, 0.5) is 0 Å². The normalized spacial score (nSPS) is 16.8. The van der Waals surface area contributed by atoms with Crippen LogP contribution >= 0.6 is 0 Å². The van der Waals surface area contributed by atoms with Crippen LogP contribution in [0.1, 0.15) is 40.5 Å². The van der Waals surface area contributed by atoms with Gasteiger partial charge in [-0.05, 0) is 12.3 Å². The number of hydrogen-bond donors (Lipinski definition) is 4. The molecule has 0 aliphatic heterocycles. The first-order valence-electron chi connectivity index (χ1n) is 5.90. The van der Waals surface area contributed by atoms with Crippen molar-refractivity contribution in [1.29, 1.82) is 0 Å². The Bertz CT molecular complexity index is 308. The summed E-state index contributed by atoms with van der Waals surface area (Å²) in [5.41, 5.74) is 4.22. The van der Waals surface area contributed by atoms with Crippen molar-refractivity contribution >= 4 is 11.9 Å². The van der Waals surface area contributed by atoms with Gasteiger partial charge in [0, 0.05) is 19.0 Å². The van der Waals surface area contributed by atoms with Crippen molar-refractivity contribution in [2.75, 3.05) is 6.54 Å². The zero-order chi connectivity index (χ0) is 14.6. The highest BCUT2D eigenvalue weighted by molar-refractivity contribution is 5.77. The van der Waals surface area contributed by atoms with Crippen LogP contribution in [0.2, 0.25) is 0 Å². The van der Waals surface area contributed by atoms with E-state index in [4.69, 9.17) is 10.8 Å². The van der Waals surface area contributed by atoms with Gasteiger partial charge in [0.2, 0.25) is 5.91 Å². The van der Waals surface area contributed by atoms with Crippen molar-refractivity contribution in [3.63, 3.8) is 0 Å². The summed E-state index contributed by atoms with van der Waals surface area (Å²) in [7, 11) is 0. The highest BCUT2D eigenvalue weighted by Gasteiger charge is 2.27. The van der Waals surface area contributed by atoms with Crippen molar-refractivity contribution in [2.45, 2.75) is 52.2 Å². The number of carbonyl (C=O) groups excluding carboxylic acids is 1. The molecule has 0 aliphatic carbocycles. The molecule has 0 spiro atoms. The van der Waals surface area contributed by atoms with E-state index >= 15 is 0 Å². The van der Waals surface area contributed by atoms with Gasteiger partial charge in [0.25, 0.3) is 0 Å². The Hall–Kier alpha value is -1.14. The average molecular weight is 260 g/mol. The molecule has 0 aromatic rings. The molecular formula is C12H24N2O4. The number of carboxylic acid groups (broad SMARTS) is 1. The molecule has 0 aromatic heterocycles. The molecule has 0 saturated heterocycles. The summed E-state index contributed by atoms with van der Waals surface area (Å²) in [6.07, 6.45) is -0.273. The van der Waals surface area contributed by atoms with Crippen LogP contribution in [0, 0.1) is 5.41 Å². The van der Waals surface area contributed by atoms with E-state index in [1.54, 1.807) is 0 Å². The Balaban J connectivity index is 4.15. The molecule has 0 aliphatic rings. The van der Waals surface area contributed by atoms with Gasteiger partial charge >= 0.3 is 5.97 Å². The number of aliphatic hydroxyl groups is 1. The number of rotatable bonds is 6. The second kappa shape index (κ2) is 6.15. The van der Waals surface area contributed by atoms with Gasteiger partial charge in [-0.25, -0.2) is 0 Å². The molecule has 0 saturated carbocycles. The largest absolute Gasteiger partial charge is 0.481 e. The van der Waals surface area contributed by atoms with E-state index in [0.29, 0.717) is 0 Å². The third-order valence-corrected chi connectivity index (χ3v) is 2.72. The van der Waals surface area contributed by atoms with Gasteiger partial charge in [0.15, 0.2) is 0 Å². The van der Waals surface area contributed by atoms with E-state index in [0.717, 1.165) is 0 Å². The summed E-state index contributed by atoms with van der Waals surface area (Å²) in [5, 5.41) is 20.8. The molecule has 0 aromatic carbocycles. The number of aliphatic carboxylic acids is 1. The van der Waals surface area contributed by atoms with Crippen LogP contribution in [0.25, 0.3) is 0 Å². The maximum Gasteiger partial charge on any atom is 0.306 e. The molecule has 0 heterocycles. The average Bonchev–Trinajstić information content (AvgIpc) is 2.11. The van der Waals surface area contributed by atoms with Gasteiger partial charge in [-0.2, -0.15) is 0 Å². The molecule has 1 amide bonds. The molecule has 6 nitrogen and oxygen atoms in total. The third kappa shape index (κ3) is 7.24. The quantitative estimate of drug-likeness (QED) is 0.540. The maximum atomic E-state index is 11.6. The smallest absolute Gasteiger partial charge is 0.306 e. The summed E-state index contributed by atoms with van der Waals surface area (Å²) in [5.74, 6) is -1.40. The van der Waals surface area contributed by atoms with Crippen molar-refractivity contribution in [3.8, 4) is 0 Å². The van der Waals surface area contributed by atoms with Crippen LogP contribution in [0.3, 0.4) is 0 Å². The summed E-state index contributed by atoms with van der Waals surface area (Å²) >= 11 is 0. The lowest BCUT2D eigenvalue weighted by atomic mass is 9.85. The molecule has 2 unspecified atom stereocenters. The van der Waals surface area contributed by atoms with Crippen LogP contribution < -0.4 is 11.1 Å². The molecule has 6 heteroatoms. The number of amides is 1. The SMILES string of the molecule is CC(O)(CNC(=O)CC(N)C(C)(C)C)CC(=O)O. The number of hydrogen-bond acceptors (Lipinski definition) is 4. The van der Waals surface area contributed by atoms with Crippen LogP contribution in [-0.4, -0.2) is 40.3 Å². The summed E-state index contributed by atoms with van der Waals surface area (Å²) in [6.45, 7) is 7.07. The number of nitrogens with two attached hydrogens (primary N) is 1. The second-order valence-electron chi connectivity index (χ2n) is 6.02. The van der Waals surface area contributed by atoms with Gasteiger partial charge in [-0.15, -0.1) is 0 Å². The highest BCUT2D eigenvalue weighted by atomic mass is 16.4. The summed E-state index contributed by atoms with van der Waals surface area (Å²) < 4.78 is 0. The monoisotopic (exact) mass is 260 g/mol. The van der Waals surface area contributed by atoms with Gasteiger partial charge in [-0.3, -0.25) is 9.59 Å². The fraction of sp³-hybridized carbons (Fsp3) is 0.833. The van der Waals surface area contributed by atoms with Crippen molar-refractivity contribution in [1.82, 2.24) is 5.32 Å². The predicted molar refractivity (Wildman–Crippen MR) is 67.9 cm³/mol. The molecule has 106 valence electrons. The van der Waals surface area contributed by atoms with E-state index in [2.05, 4.69) is 5.32 Å². The van der Waals surface area contributed by atoms with Gasteiger partial charge in [0.05, 0.1) is 12.0 Å². The van der Waals surface area contributed by atoms with E-state index in [1.807, 2.05) is 20.8 Å². The molecule has 0 rings (SSSR count). The molecule has 5 N–H and O–H groups in total. The van der Waals surface area contributed by atoms with Crippen LogP contribution in [0.15, 0.2) is 0 Å². The van der Waals surface area contributed by atoms with E-state index < -0.39 is 18.0 Å². The van der Waals surface area contributed by atoms with E-state index in [9.17, 15) is 14.7 Å². The second-order valence-corrected chi connectivity index (χ2v) is 6.02. The topological polar surface area (TPSA) is 113 Å². The maximum absolute atomic E-state index is 11.6. The Morgan fingerprint density at radius 2 is 1.78 bits per heavy atom. The summed E-state index contributed by atoms with van der Waals surface area (Å²) in [4.78, 5) is 22.1. The fourth-order valence-corrected chi connectivity index (χ4v) is 1.26. The molecule has 0 bridgehead atoms. The summed E-state index contributed by atoms with van der Waals surface area (Å²) in [6, 6.07) is -0.290. The first kappa shape index (κ1) is 16.9. The first-order chi connectivity index (χ1) is 7.94. The Labute approximate surface area is 108 Å². The van der Waals surface area contributed by atoms with Crippen LogP contribution in [-0.2, 0) is 9.59 Å². The van der Waals surface area contributed by atoms with Gasteiger partial charge < -0.3 is 21.3 Å². The van der Waals surface area contributed by atoms with Gasteiger partial charge in [0.1, 0.15) is 0 Å². The predicted octanol–water partition coefficient (Wildman–Crippen LogP) is 0.0918. The van der Waals surface area contributed by atoms with Crippen molar-refractivity contribution in [3.05, 3.63) is 0 Å². The standard InChI is InChI=1S/C12H24N2O4/c1-11(2,3)8(13)5-9(15)14-7-12(4,18)6-10(16)17/h8,18H,5-7,13H2,1-4H3,(H,14,15)(H,16,17). The zero-order valence-electron chi connectivity index (χ0n) is 11.5. The molecular weight excluding hydrogens is 236 g/mol. The number of carboxylic acids is 1.